The standard InChI is InChI=1S/C12H17N5S/c1-4-7-13-11-14-10(9-6-5-8-18-9)15-12(16-11)17(2)3/h5-6,8H,4,7H2,1-3H3,(H,13,14,15,16). The Labute approximate surface area is 111 Å². The van der Waals surface area contributed by atoms with Crippen molar-refractivity contribution in [3.63, 3.8) is 0 Å². The van der Waals surface area contributed by atoms with Gasteiger partial charge in [0.1, 0.15) is 0 Å². The number of aromatic nitrogens is 3. The maximum atomic E-state index is 4.46. The van der Waals surface area contributed by atoms with E-state index in [0.717, 1.165) is 23.7 Å². The lowest BCUT2D eigenvalue weighted by atomic mass is 10.4. The monoisotopic (exact) mass is 263 g/mol. The van der Waals surface area contributed by atoms with Crippen LogP contribution in [0.3, 0.4) is 0 Å². The summed E-state index contributed by atoms with van der Waals surface area (Å²) in [4.78, 5) is 16.2. The molecule has 2 rings (SSSR count). The first-order chi connectivity index (χ1) is 8.70. The Balaban J connectivity index is 2.36. The van der Waals surface area contributed by atoms with Crippen molar-refractivity contribution in [3.05, 3.63) is 17.5 Å². The van der Waals surface area contributed by atoms with Gasteiger partial charge in [0.25, 0.3) is 0 Å². The van der Waals surface area contributed by atoms with Crippen LogP contribution in [0, 0.1) is 0 Å². The zero-order valence-corrected chi connectivity index (χ0v) is 11.7. The molecular weight excluding hydrogens is 246 g/mol. The molecule has 2 heterocycles. The lowest BCUT2D eigenvalue weighted by Gasteiger charge is -2.12. The van der Waals surface area contributed by atoms with Crippen LogP contribution in [-0.4, -0.2) is 35.6 Å². The zero-order chi connectivity index (χ0) is 13.0. The third-order valence-corrected chi connectivity index (χ3v) is 3.16. The highest BCUT2D eigenvalue weighted by Gasteiger charge is 2.10. The van der Waals surface area contributed by atoms with E-state index in [0.29, 0.717) is 11.9 Å². The van der Waals surface area contributed by atoms with Gasteiger partial charge in [-0.05, 0) is 17.9 Å². The molecule has 0 fully saturated rings. The number of thiophene rings is 1. The topological polar surface area (TPSA) is 53.9 Å². The first-order valence-corrected chi connectivity index (χ1v) is 6.80. The number of hydrogen-bond acceptors (Lipinski definition) is 6. The fourth-order valence-electron chi connectivity index (χ4n) is 1.40. The van der Waals surface area contributed by atoms with Crippen LogP contribution in [0.15, 0.2) is 17.5 Å². The van der Waals surface area contributed by atoms with Gasteiger partial charge in [0.2, 0.25) is 11.9 Å². The molecule has 0 unspecified atom stereocenters. The van der Waals surface area contributed by atoms with E-state index in [1.165, 1.54) is 0 Å². The van der Waals surface area contributed by atoms with Crippen LogP contribution in [-0.2, 0) is 0 Å². The minimum atomic E-state index is 0.638. The molecular formula is C12H17N5S. The minimum Gasteiger partial charge on any atom is -0.354 e. The van der Waals surface area contributed by atoms with Crippen LogP contribution in [0.1, 0.15) is 13.3 Å². The van der Waals surface area contributed by atoms with Gasteiger partial charge in [0, 0.05) is 20.6 Å². The van der Waals surface area contributed by atoms with Gasteiger partial charge in [-0.25, -0.2) is 0 Å². The van der Waals surface area contributed by atoms with Crippen molar-refractivity contribution >= 4 is 23.2 Å². The molecule has 0 bridgehead atoms. The smallest absolute Gasteiger partial charge is 0.230 e. The van der Waals surface area contributed by atoms with Gasteiger partial charge in [-0.3, -0.25) is 0 Å². The van der Waals surface area contributed by atoms with Gasteiger partial charge in [-0.2, -0.15) is 15.0 Å². The van der Waals surface area contributed by atoms with Crippen molar-refractivity contribution < 1.29 is 0 Å². The van der Waals surface area contributed by atoms with Crippen LogP contribution in [0.2, 0.25) is 0 Å². The Hall–Kier alpha value is -1.69. The van der Waals surface area contributed by atoms with E-state index in [1.807, 2.05) is 36.5 Å². The summed E-state index contributed by atoms with van der Waals surface area (Å²) in [5.41, 5.74) is 0. The predicted molar refractivity (Wildman–Crippen MR) is 76.2 cm³/mol. The molecule has 18 heavy (non-hydrogen) atoms. The van der Waals surface area contributed by atoms with Gasteiger partial charge < -0.3 is 10.2 Å². The average Bonchev–Trinajstić information content (AvgIpc) is 2.89. The largest absolute Gasteiger partial charge is 0.354 e. The Morgan fingerprint density at radius 2 is 2.11 bits per heavy atom. The summed E-state index contributed by atoms with van der Waals surface area (Å²) in [5, 5.41) is 5.23. The molecule has 0 aliphatic carbocycles. The molecule has 96 valence electrons. The third-order valence-electron chi connectivity index (χ3n) is 2.30. The van der Waals surface area contributed by atoms with Crippen LogP contribution in [0.4, 0.5) is 11.9 Å². The number of nitrogens with one attached hydrogen (secondary N) is 1. The molecule has 0 radical (unpaired) electrons. The molecule has 6 heteroatoms. The molecule has 5 nitrogen and oxygen atoms in total. The SMILES string of the molecule is CCCNc1nc(-c2cccs2)nc(N(C)C)n1. The summed E-state index contributed by atoms with van der Waals surface area (Å²) in [7, 11) is 3.86. The normalized spacial score (nSPS) is 10.4. The molecule has 0 aliphatic rings. The molecule has 0 spiro atoms. The quantitative estimate of drug-likeness (QED) is 0.898. The summed E-state index contributed by atoms with van der Waals surface area (Å²) < 4.78 is 0. The number of hydrogen-bond donors (Lipinski definition) is 1. The summed E-state index contributed by atoms with van der Waals surface area (Å²) in [6.45, 7) is 2.97. The van der Waals surface area contributed by atoms with Crippen molar-refractivity contribution in [1.82, 2.24) is 15.0 Å². The highest BCUT2D eigenvalue weighted by atomic mass is 32.1. The van der Waals surface area contributed by atoms with Crippen molar-refractivity contribution in [2.45, 2.75) is 13.3 Å². The highest BCUT2D eigenvalue weighted by molar-refractivity contribution is 7.13. The molecule has 0 saturated heterocycles. The molecule has 0 aromatic carbocycles. The first kappa shape index (κ1) is 12.8. The van der Waals surface area contributed by atoms with Crippen LogP contribution in [0.25, 0.3) is 10.7 Å². The second-order valence-electron chi connectivity index (χ2n) is 4.08. The second-order valence-corrected chi connectivity index (χ2v) is 5.03. The fourth-order valence-corrected chi connectivity index (χ4v) is 2.05. The number of nitrogens with zero attached hydrogens (tertiary/aromatic N) is 4. The van der Waals surface area contributed by atoms with Gasteiger partial charge >= 0.3 is 0 Å². The van der Waals surface area contributed by atoms with E-state index in [-0.39, 0.29) is 0 Å². The fraction of sp³-hybridized carbons (Fsp3) is 0.417. The molecule has 2 aromatic heterocycles. The lowest BCUT2D eigenvalue weighted by molar-refractivity contribution is 0.921. The van der Waals surface area contributed by atoms with Crippen molar-refractivity contribution in [2.75, 3.05) is 30.9 Å². The molecule has 0 amide bonds. The van der Waals surface area contributed by atoms with Gasteiger partial charge in [-0.1, -0.05) is 13.0 Å². The summed E-state index contributed by atoms with van der Waals surface area (Å²) in [6.07, 6.45) is 1.04. The number of anilines is 2. The number of rotatable bonds is 5. The van der Waals surface area contributed by atoms with Crippen molar-refractivity contribution in [2.24, 2.45) is 0 Å². The van der Waals surface area contributed by atoms with Crippen molar-refractivity contribution in [1.29, 1.82) is 0 Å². The van der Waals surface area contributed by atoms with E-state index in [1.54, 1.807) is 11.3 Å². The van der Waals surface area contributed by atoms with Crippen LogP contribution < -0.4 is 10.2 Å². The minimum absolute atomic E-state index is 0.638. The summed E-state index contributed by atoms with van der Waals surface area (Å²) >= 11 is 1.63. The van der Waals surface area contributed by atoms with E-state index in [9.17, 15) is 0 Å². The Bertz CT molecular complexity index is 495. The molecule has 0 atom stereocenters. The maximum absolute atomic E-state index is 4.46. The Morgan fingerprint density at radius 1 is 1.28 bits per heavy atom. The first-order valence-electron chi connectivity index (χ1n) is 5.92. The second kappa shape index (κ2) is 5.77. The van der Waals surface area contributed by atoms with Gasteiger partial charge in [0.15, 0.2) is 5.82 Å². The maximum Gasteiger partial charge on any atom is 0.230 e. The van der Waals surface area contributed by atoms with Gasteiger partial charge in [0.05, 0.1) is 4.88 Å². The molecule has 0 aliphatic heterocycles. The van der Waals surface area contributed by atoms with Gasteiger partial charge in [-0.15, -0.1) is 11.3 Å². The van der Waals surface area contributed by atoms with E-state index in [4.69, 9.17) is 0 Å². The lowest BCUT2D eigenvalue weighted by Crippen LogP contribution is -2.16. The Morgan fingerprint density at radius 3 is 2.72 bits per heavy atom. The third kappa shape index (κ3) is 2.95. The van der Waals surface area contributed by atoms with E-state index in [2.05, 4.69) is 27.2 Å². The van der Waals surface area contributed by atoms with Crippen LogP contribution >= 0.6 is 11.3 Å². The molecule has 2 aromatic rings. The molecule has 1 N–H and O–H groups in total. The average molecular weight is 263 g/mol. The van der Waals surface area contributed by atoms with E-state index < -0.39 is 0 Å². The predicted octanol–water partition coefficient (Wildman–Crippen LogP) is 2.49. The van der Waals surface area contributed by atoms with Crippen LogP contribution in [0.5, 0.6) is 0 Å². The summed E-state index contributed by atoms with van der Waals surface area (Å²) in [5.74, 6) is 2.04. The zero-order valence-electron chi connectivity index (χ0n) is 10.8. The summed E-state index contributed by atoms with van der Waals surface area (Å²) in [6, 6.07) is 4.02. The Kier molecular flexibility index (Phi) is 4.09. The highest BCUT2D eigenvalue weighted by Crippen LogP contribution is 2.23. The van der Waals surface area contributed by atoms with E-state index >= 15 is 0 Å². The molecule has 0 saturated carbocycles. The van der Waals surface area contributed by atoms with Crippen molar-refractivity contribution in [3.8, 4) is 10.7 Å².